The number of hydrogen-bond donors (Lipinski definition) is 1. The van der Waals surface area contributed by atoms with Crippen LogP contribution in [0.4, 0.5) is 0 Å². The average molecular weight is 222 g/mol. The first kappa shape index (κ1) is 10.7. The van der Waals surface area contributed by atoms with Gasteiger partial charge < -0.3 is 14.8 Å². The van der Waals surface area contributed by atoms with E-state index in [1.807, 2.05) is 17.8 Å². The molecule has 1 aromatic heterocycles. The molecule has 0 bridgehead atoms. The number of nitrogens with zero attached hydrogens (tertiary/aromatic N) is 3. The summed E-state index contributed by atoms with van der Waals surface area (Å²) in [7, 11) is 1.86. The van der Waals surface area contributed by atoms with Crippen LogP contribution in [-0.4, -0.2) is 38.9 Å². The van der Waals surface area contributed by atoms with E-state index in [1.54, 1.807) is 13.1 Å². The van der Waals surface area contributed by atoms with Crippen molar-refractivity contribution in [3.63, 3.8) is 0 Å². The van der Waals surface area contributed by atoms with Gasteiger partial charge in [0, 0.05) is 19.4 Å². The van der Waals surface area contributed by atoms with Crippen molar-refractivity contribution in [3.8, 4) is 0 Å². The predicted molar refractivity (Wildman–Crippen MR) is 56.2 cm³/mol. The minimum Gasteiger partial charge on any atom is -0.343 e. The molecule has 0 aliphatic carbocycles. The lowest BCUT2D eigenvalue weighted by Gasteiger charge is -2.30. The normalized spacial score (nSPS) is 21.1. The molecule has 6 nitrogen and oxygen atoms in total. The Kier molecular flexibility index (Phi) is 2.64. The number of nitrogens with one attached hydrogen (secondary N) is 1. The zero-order valence-electron chi connectivity index (χ0n) is 9.30. The first-order valence-electron chi connectivity index (χ1n) is 5.12. The molecule has 2 rings (SSSR count). The number of hydrogen-bond acceptors (Lipinski definition) is 3. The van der Waals surface area contributed by atoms with E-state index in [4.69, 9.17) is 0 Å². The molecule has 16 heavy (non-hydrogen) atoms. The molecular formula is C10H14N4O2. The van der Waals surface area contributed by atoms with Crippen LogP contribution in [0.15, 0.2) is 12.4 Å². The molecule has 0 radical (unpaired) electrons. The van der Waals surface area contributed by atoms with E-state index in [2.05, 4.69) is 10.3 Å². The highest BCUT2D eigenvalue weighted by atomic mass is 16.2. The van der Waals surface area contributed by atoms with Crippen molar-refractivity contribution in [1.82, 2.24) is 19.8 Å². The van der Waals surface area contributed by atoms with Gasteiger partial charge in [-0.3, -0.25) is 9.59 Å². The molecule has 1 fully saturated rings. The van der Waals surface area contributed by atoms with Gasteiger partial charge in [0.1, 0.15) is 18.4 Å². The molecular weight excluding hydrogens is 208 g/mol. The monoisotopic (exact) mass is 222 g/mol. The summed E-state index contributed by atoms with van der Waals surface area (Å²) in [5, 5.41) is 2.60. The van der Waals surface area contributed by atoms with Crippen molar-refractivity contribution in [3.05, 3.63) is 18.2 Å². The Bertz CT molecular complexity index is 426. The Morgan fingerprint density at radius 3 is 2.94 bits per heavy atom. The number of rotatable bonds is 2. The molecule has 0 aromatic carbocycles. The average Bonchev–Trinajstić information content (AvgIpc) is 2.60. The number of aromatic nitrogens is 2. The molecule has 2 amide bonds. The first-order chi connectivity index (χ1) is 7.58. The Morgan fingerprint density at radius 1 is 1.56 bits per heavy atom. The Hall–Kier alpha value is -1.85. The lowest BCUT2D eigenvalue weighted by atomic mass is 10.2. The van der Waals surface area contributed by atoms with Crippen molar-refractivity contribution in [1.29, 1.82) is 0 Å². The summed E-state index contributed by atoms with van der Waals surface area (Å²) >= 11 is 0. The van der Waals surface area contributed by atoms with Crippen molar-refractivity contribution in [2.75, 3.05) is 6.54 Å². The molecule has 1 aliphatic heterocycles. The molecule has 1 saturated heterocycles. The van der Waals surface area contributed by atoms with E-state index in [1.165, 1.54) is 4.90 Å². The maximum atomic E-state index is 11.8. The van der Waals surface area contributed by atoms with Crippen LogP contribution < -0.4 is 5.32 Å². The van der Waals surface area contributed by atoms with Gasteiger partial charge in [-0.05, 0) is 6.92 Å². The van der Waals surface area contributed by atoms with E-state index in [9.17, 15) is 9.59 Å². The van der Waals surface area contributed by atoms with Gasteiger partial charge in [-0.25, -0.2) is 4.98 Å². The number of carbonyl (C=O) groups excluding carboxylic acids is 2. The molecule has 86 valence electrons. The predicted octanol–water partition coefficient (Wildman–Crippen LogP) is -0.733. The fourth-order valence-corrected chi connectivity index (χ4v) is 1.73. The van der Waals surface area contributed by atoms with Crippen LogP contribution in [-0.2, 0) is 23.2 Å². The first-order valence-corrected chi connectivity index (χ1v) is 5.12. The second-order valence-corrected chi connectivity index (χ2v) is 3.94. The van der Waals surface area contributed by atoms with Crippen molar-refractivity contribution >= 4 is 11.8 Å². The third kappa shape index (κ3) is 1.91. The minimum atomic E-state index is -0.443. The zero-order valence-corrected chi connectivity index (χ0v) is 9.30. The lowest BCUT2D eigenvalue weighted by Crippen LogP contribution is -2.56. The standard InChI is InChI=1S/C10H14N4O2/c1-7-10(16)14(6-9(15)12-7)5-8-11-3-4-13(8)2/h3-4,7H,5-6H2,1-2H3,(H,12,15). The van der Waals surface area contributed by atoms with Crippen LogP contribution in [0.5, 0.6) is 0 Å². The number of amides is 2. The molecule has 1 aromatic rings. The largest absolute Gasteiger partial charge is 0.343 e. The fraction of sp³-hybridized carbons (Fsp3) is 0.500. The van der Waals surface area contributed by atoms with Gasteiger partial charge in [-0.1, -0.05) is 0 Å². The molecule has 6 heteroatoms. The highest BCUT2D eigenvalue weighted by Crippen LogP contribution is 2.07. The number of imidazole rings is 1. The molecule has 1 N–H and O–H groups in total. The molecule has 2 heterocycles. The van der Waals surface area contributed by atoms with Gasteiger partial charge in [0.05, 0.1) is 6.54 Å². The second-order valence-electron chi connectivity index (χ2n) is 3.94. The Morgan fingerprint density at radius 2 is 2.31 bits per heavy atom. The van der Waals surface area contributed by atoms with E-state index in [0.29, 0.717) is 6.54 Å². The molecule has 0 saturated carbocycles. The number of carbonyl (C=O) groups is 2. The minimum absolute atomic E-state index is 0.0670. The fourth-order valence-electron chi connectivity index (χ4n) is 1.73. The van der Waals surface area contributed by atoms with E-state index in [-0.39, 0.29) is 18.4 Å². The van der Waals surface area contributed by atoms with Gasteiger partial charge >= 0.3 is 0 Å². The van der Waals surface area contributed by atoms with Crippen LogP contribution in [0.25, 0.3) is 0 Å². The summed E-state index contributed by atoms with van der Waals surface area (Å²) in [4.78, 5) is 28.7. The third-order valence-corrected chi connectivity index (χ3v) is 2.65. The summed E-state index contributed by atoms with van der Waals surface area (Å²) in [6, 6.07) is -0.443. The van der Waals surface area contributed by atoms with Crippen molar-refractivity contribution in [2.45, 2.75) is 19.5 Å². The molecule has 1 unspecified atom stereocenters. The topological polar surface area (TPSA) is 67.2 Å². The third-order valence-electron chi connectivity index (χ3n) is 2.65. The maximum Gasteiger partial charge on any atom is 0.245 e. The summed E-state index contributed by atoms with van der Waals surface area (Å²) in [5.74, 6) is 0.583. The van der Waals surface area contributed by atoms with Crippen molar-refractivity contribution in [2.24, 2.45) is 7.05 Å². The van der Waals surface area contributed by atoms with Gasteiger partial charge in [-0.15, -0.1) is 0 Å². The van der Waals surface area contributed by atoms with Gasteiger partial charge in [-0.2, -0.15) is 0 Å². The number of piperazine rings is 1. The smallest absolute Gasteiger partial charge is 0.245 e. The second kappa shape index (κ2) is 3.96. The van der Waals surface area contributed by atoms with Crippen LogP contribution >= 0.6 is 0 Å². The molecule has 1 aliphatic rings. The SMILES string of the molecule is CC1NC(=O)CN(Cc2nccn2C)C1=O. The van der Waals surface area contributed by atoms with Crippen LogP contribution in [0, 0.1) is 0 Å². The van der Waals surface area contributed by atoms with Crippen LogP contribution in [0.3, 0.4) is 0 Å². The molecule has 0 spiro atoms. The quantitative estimate of drug-likeness (QED) is 0.717. The summed E-state index contributed by atoms with van der Waals surface area (Å²) in [6.07, 6.45) is 3.49. The zero-order chi connectivity index (χ0) is 11.7. The van der Waals surface area contributed by atoms with Gasteiger partial charge in [0.25, 0.3) is 0 Å². The maximum absolute atomic E-state index is 11.8. The van der Waals surface area contributed by atoms with E-state index < -0.39 is 6.04 Å². The van der Waals surface area contributed by atoms with Crippen LogP contribution in [0.1, 0.15) is 12.7 Å². The molecule has 1 atom stereocenters. The van der Waals surface area contributed by atoms with Gasteiger partial charge in [0.15, 0.2) is 0 Å². The number of aryl methyl sites for hydroxylation is 1. The summed E-state index contributed by atoms with van der Waals surface area (Å²) in [6.45, 7) is 2.17. The lowest BCUT2D eigenvalue weighted by molar-refractivity contribution is -0.144. The Balaban J connectivity index is 2.12. The summed E-state index contributed by atoms with van der Waals surface area (Å²) < 4.78 is 1.84. The van der Waals surface area contributed by atoms with E-state index >= 15 is 0 Å². The van der Waals surface area contributed by atoms with Crippen molar-refractivity contribution < 1.29 is 9.59 Å². The summed E-state index contributed by atoms with van der Waals surface area (Å²) in [5.41, 5.74) is 0. The van der Waals surface area contributed by atoms with E-state index in [0.717, 1.165) is 5.82 Å². The van der Waals surface area contributed by atoms with Crippen LogP contribution in [0.2, 0.25) is 0 Å². The van der Waals surface area contributed by atoms with Gasteiger partial charge in [0.2, 0.25) is 11.8 Å². The highest BCUT2D eigenvalue weighted by molar-refractivity contribution is 5.94. The highest BCUT2D eigenvalue weighted by Gasteiger charge is 2.29. The Labute approximate surface area is 93.3 Å².